The van der Waals surface area contributed by atoms with Crippen molar-refractivity contribution in [1.29, 1.82) is 0 Å². The van der Waals surface area contributed by atoms with Gasteiger partial charge in [-0.2, -0.15) is 0 Å². The third-order valence-corrected chi connectivity index (χ3v) is 4.85. The minimum Gasteiger partial charge on any atom is -0.496 e. The molecule has 0 aliphatic rings. The molecule has 100 valence electrons. The summed E-state index contributed by atoms with van der Waals surface area (Å²) in [5, 5.41) is 0. The minimum absolute atomic E-state index is 0.0759. The van der Waals surface area contributed by atoms with E-state index >= 15 is 0 Å². The zero-order valence-corrected chi connectivity index (χ0v) is 12.7. The quantitative estimate of drug-likeness (QED) is 0.856. The fourth-order valence-electron chi connectivity index (χ4n) is 1.77. The number of hydrogen-bond acceptors (Lipinski definition) is 3. The third kappa shape index (κ3) is 3.36. The van der Waals surface area contributed by atoms with Crippen LogP contribution in [0.2, 0.25) is 0 Å². The van der Waals surface area contributed by atoms with E-state index in [2.05, 4.69) is 15.9 Å². The number of ether oxygens (including phenoxy) is 1. The molecule has 0 radical (unpaired) electrons. The molecule has 0 aromatic heterocycles. The van der Waals surface area contributed by atoms with Crippen LogP contribution in [-0.4, -0.2) is 15.5 Å². The van der Waals surface area contributed by atoms with Crippen molar-refractivity contribution >= 4 is 25.8 Å². The average Bonchev–Trinajstić information content (AvgIpc) is 2.39. The summed E-state index contributed by atoms with van der Waals surface area (Å²) >= 11 is 3.28. The van der Waals surface area contributed by atoms with E-state index in [0.29, 0.717) is 16.2 Å². The van der Waals surface area contributed by atoms with Crippen LogP contribution in [-0.2, 0) is 15.6 Å². The maximum atomic E-state index is 12.3. The summed E-state index contributed by atoms with van der Waals surface area (Å²) in [6.07, 6.45) is 0. The Balaban J connectivity index is 2.37. The van der Waals surface area contributed by atoms with Crippen LogP contribution in [0.3, 0.4) is 0 Å². The molecular formula is C14H13BrO3S. The molecule has 0 N–H and O–H groups in total. The lowest BCUT2D eigenvalue weighted by Gasteiger charge is -2.09. The van der Waals surface area contributed by atoms with Crippen LogP contribution < -0.4 is 4.74 Å². The van der Waals surface area contributed by atoms with Crippen LogP contribution in [0.25, 0.3) is 0 Å². The Bertz CT molecular complexity index is 681. The molecule has 2 aromatic carbocycles. The number of benzene rings is 2. The summed E-state index contributed by atoms with van der Waals surface area (Å²) in [4.78, 5) is 0.299. The van der Waals surface area contributed by atoms with Gasteiger partial charge in [-0.3, -0.25) is 0 Å². The van der Waals surface area contributed by atoms with Crippen molar-refractivity contribution in [3.8, 4) is 5.75 Å². The summed E-state index contributed by atoms with van der Waals surface area (Å²) in [5.74, 6) is 0.508. The standard InChI is InChI=1S/C14H13BrO3S/c1-18-14-8-3-2-5-11(14)10-19(16,17)13-7-4-6-12(15)9-13/h2-9H,10H2,1H3. The van der Waals surface area contributed by atoms with Gasteiger partial charge < -0.3 is 4.74 Å². The van der Waals surface area contributed by atoms with Gasteiger partial charge >= 0.3 is 0 Å². The second-order valence-electron chi connectivity index (χ2n) is 4.03. The highest BCUT2D eigenvalue weighted by Gasteiger charge is 2.17. The van der Waals surface area contributed by atoms with E-state index in [1.165, 1.54) is 7.11 Å². The Labute approximate surface area is 121 Å². The van der Waals surface area contributed by atoms with Gasteiger partial charge in [0.05, 0.1) is 17.8 Å². The molecule has 0 aliphatic heterocycles. The largest absolute Gasteiger partial charge is 0.496 e. The molecule has 0 atom stereocenters. The molecular weight excluding hydrogens is 328 g/mol. The number of rotatable bonds is 4. The van der Waals surface area contributed by atoms with Crippen LogP contribution in [0, 0.1) is 0 Å². The van der Waals surface area contributed by atoms with Crippen molar-refractivity contribution in [2.75, 3.05) is 7.11 Å². The molecule has 5 heteroatoms. The molecule has 0 spiro atoms. The van der Waals surface area contributed by atoms with Crippen molar-refractivity contribution < 1.29 is 13.2 Å². The Morgan fingerprint density at radius 1 is 1.11 bits per heavy atom. The molecule has 0 saturated carbocycles. The number of sulfone groups is 1. The zero-order valence-electron chi connectivity index (χ0n) is 10.3. The van der Waals surface area contributed by atoms with Gasteiger partial charge in [0.25, 0.3) is 0 Å². The van der Waals surface area contributed by atoms with Gasteiger partial charge in [0.15, 0.2) is 9.84 Å². The van der Waals surface area contributed by atoms with E-state index in [1.54, 1.807) is 42.5 Å². The lowest BCUT2D eigenvalue weighted by molar-refractivity contribution is 0.411. The van der Waals surface area contributed by atoms with Gasteiger partial charge in [0.2, 0.25) is 0 Å². The van der Waals surface area contributed by atoms with Gasteiger partial charge in [0.1, 0.15) is 5.75 Å². The molecule has 2 aromatic rings. The summed E-state index contributed by atoms with van der Waals surface area (Å²) in [7, 11) is -1.85. The van der Waals surface area contributed by atoms with Gasteiger partial charge in [-0.15, -0.1) is 0 Å². The van der Waals surface area contributed by atoms with E-state index in [4.69, 9.17) is 4.74 Å². The molecule has 3 nitrogen and oxygen atoms in total. The highest BCUT2D eigenvalue weighted by molar-refractivity contribution is 9.10. The van der Waals surface area contributed by atoms with E-state index in [0.717, 1.165) is 4.47 Å². The van der Waals surface area contributed by atoms with Crippen LogP contribution in [0.4, 0.5) is 0 Å². The molecule has 0 fully saturated rings. The summed E-state index contributed by atoms with van der Waals surface area (Å²) in [5.41, 5.74) is 0.657. The number of para-hydroxylation sites is 1. The smallest absolute Gasteiger partial charge is 0.182 e. The first-order valence-corrected chi connectivity index (χ1v) is 8.08. The first-order chi connectivity index (χ1) is 9.03. The van der Waals surface area contributed by atoms with Crippen molar-refractivity contribution in [1.82, 2.24) is 0 Å². The SMILES string of the molecule is COc1ccccc1CS(=O)(=O)c1cccc(Br)c1. The van der Waals surface area contributed by atoms with E-state index in [-0.39, 0.29) is 5.75 Å². The van der Waals surface area contributed by atoms with Crippen molar-refractivity contribution in [3.63, 3.8) is 0 Å². The monoisotopic (exact) mass is 340 g/mol. The maximum absolute atomic E-state index is 12.3. The Morgan fingerprint density at radius 2 is 1.84 bits per heavy atom. The van der Waals surface area contributed by atoms with Gasteiger partial charge in [0, 0.05) is 10.0 Å². The fourth-order valence-corrected chi connectivity index (χ4v) is 3.73. The van der Waals surface area contributed by atoms with Gasteiger partial charge in [-0.25, -0.2) is 8.42 Å². The van der Waals surface area contributed by atoms with Crippen LogP contribution in [0.15, 0.2) is 57.9 Å². The predicted molar refractivity (Wildman–Crippen MR) is 78.0 cm³/mol. The summed E-state index contributed by atoms with van der Waals surface area (Å²) < 4.78 is 30.6. The second kappa shape index (κ2) is 5.75. The van der Waals surface area contributed by atoms with E-state index in [1.807, 2.05) is 6.07 Å². The minimum atomic E-state index is -3.38. The molecule has 19 heavy (non-hydrogen) atoms. The maximum Gasteiger partial charge on any atom is 0.182 e. The molecule has 0 unspecified atom stereocenters. The Morgan fingerprint density at radius 3 is 2.53 bits per heavy atom. The second-order valence-corrected chi connectivity index (χ2v) is 6.93. The fraction of sp³-hybridized carbons (Fsp3) is 0.143. The van der Waals surface area contributed by atoms with Gasteiger partial charge in [-0.05, 0) is 24.3 Å². The predicted octanol–water partition coefficient (Wildman–Crippen LogP) is 3.43. The van der Waals surface area contributed by atoms with E-state index < -0.39 is 9.84 Å². The number of halogens is 1. The normalized spacial score (nSPS) is 11.3. The van der Waals surface area contributed by atoms with Crippen LogP contribution in [0.5, 0.6) is 5.75 Å². The molecule has 2 rings (SSSR count). The number of methoxy groups -OCH3 is 1. The molecule has 0 aliphatic carbocycles. The van der Waals surface area contributed by atoms with Crippen molar-refractivity contribution in [3.05, 3.63) is 58.6 Å². The topological polar surface area (TPSA) is 43.4 Å². The van der Waals surface area contributed by atoms with Crippen LogP contribution in [0.1, 0.15) is 5.56 Å². The van der Waals surface area contributed by atoms with Crippen molar-refractivity contribution in [2.45, 2.75) is 10.6 Å². The Kier molecular flexibility index (Phi) is 4.27. The number of hydrogen-bond donors (Lipinski definition) is 0. The first-order valence-electron chi connectivity index (χ1n) is 5.63. The summed E-state index contributed by atoms with van der Waals surface area (Å²) in [6.45, 7) is 0. The Hall–Kier alpha value is -1.33. The zero-order chi connectivity index (χ0) is 13.9. The lowest BCUT2D eigenvalue weighted by atomic mass is 10.2. The highest BCUT2D eigenvalue weighted by atomic mass is 79.9. The first kappa shape index (κ1) is 14.1. The molecule has 0 amide bonds. The molecule has 0 heterocycles. The van der Waals surface area contributed by atoms with E-state index in [9.17, 15) is 8.42 Å². The summed E-state index contributed by atoms with van der Waals surface area (Å²) in [6, 6.07) is 13.8. The lowest BCUT2D eigenvalue weighted by Crippen LogP contribution is -2.06. The van der Waals surface area contributed by atoms with Crippen molar-refractivity contribution in [2.24, 2.45) is 0 Å². The highest BCUT2D eigenvalue weighted by Crippen LogP contribution is 2.24. The van der Waals surface area contributed by atoms with Gasteiger partial charge in [-0.1, -0.05) is 40.2 Å². The van der Waals surface area contributed by atoms with Crippen LogP contribution >= 0.6 is 15.9 Å². The average molecular weight is 341 g/mol. The molecule has 0 bridgehead atoms. The molecule has 0 saturated heterocycles. The third-order valence-electron chi connectivity index (χ3n) is 2.69.